The SMILES string of the molecule is C=C(Br)CN(CC(=O)O)CC1CC1. The highest BCUT2D eigenvalue weighted by molar-refractivity contribution is 9.11. The maximum Gasteiger partial charge on any atom is 0.317 e. The van der Waals surface area contributed by atoms with E-state index in [4.69, 9.17) is 5.11 Å². The monoisotopic (exact) mass is 247 g/mol. The van der Waals surface area contributed by atoms with Crippen molar-refractivity contribution < 1.29 is 9.90 Å². The molecule has 1 saturated carbocycles. The van der Waals surface area contributed by atoms with Gasteiger partial charge in [0.15, 0.2) is 0 Å². The van der Waals surface area contributed by atoms with Gasteiger partial charge in [-0.1, -0.05) is 22.5 Å². The van der Waals surface area contributed by atoms with Crippen LogP contribution >= 0.6 is 15.9 Å². The number of carboxylic acids is 1. The van der Waals surface area contributed by atoms with Crippen molar-refractivity contribution in [3.05, 3.63) is 11.1 Å². The molecule has 1 N–H and O–H groups in total. The third-order valence-corrected chi connectivity index (χ3v) is 2.22. The smallest absolute Gasteiger partial charge is 0.317 e. The van der Waals surface area contributed by atoms with Gasteiger partial charge in [0.1, 0.15) is 0 Å². The normalized spacial score (nSPS) is 16.2. The first kappa shape index (κ1) is 10.7. The van der Waals surface area contributed by atoms with Gasteiger partial charge in [0.25, 0.3) is 0 Å². The van der Waals surface area contributed by atoms with Crippen LogP contribution in [0.15, 0.2) is 11.1 Å². The lowest BCUT2D eigenvalue weighted by Gasteiger charge is -2.18. The van der Waals surface area contributed by atoms with E-state index in [2.05, 4.69) is 22.5 Å². The fourth-order valence-electron chi connectivity index (χ4n) is 1.28. The van der Waals surface area contributed by atoms with Crippen LogP contribution in [0.2, 0.25) is 0 Å². The highest BCUT2D eigenvalue weighted by Crippen LogP contribution is 2.29. The lowest BCUT2D eigenvalue weighted by atomic mass is 10.3. The first-order valence-corrected chi connectivity index (χ1v) is 5.14. The zero-order chi connectivity index (χ0) is 9.84. The molecule has 0 amide bonds. The zero-order valence-corrected chi connectivity index (χ0v) is 9.09. The second-order valence-electron chi connectivity index (χ2n) is 3.52. The molecular weight excluding hydrogens is 234 g/mol. The van der Waals surface area contributed by atoms with Gasteiger partial charge < -0.3 is 5.11 Å². The Balaban J connectivity index is 2.32. The Labute approximate surface area is 86.5 Å². The van der Waals surface area contributed by atoms with Gasteiger partial charge in [-0.2, -0.15) is 0 Å². The van der Waals surface area contributed by atoms with E-state index in [1.807, 2.05) is 4.90 Å². The minimum absolute atomic E-state index is 0.112. The van der Waals surface area contributed by atoms with Crippen LogP contribution in [0, 0.1) is 5.92 Å². The van der Waals surface area contributed by atoms with E-state index < -0.39 is 5.97 Å². The molecule has 1 aliphatic rings. The predicted molar refractivity (Wildman–Crippen MR) is 54.9 cm³/mol. The van der Waals surface area contributed by atoms with Crippen LogP contribution < -0.4 is 0 Å². The minimum Gasteiger partial charge on any atom is -0.480 e. The lowest BCUT2D eigenvalue weighted by Crippen LogP contribution is -2.32. The summed E-state index contributed by atoms with van der Waals surface area (Å²) in [6, 6.07) is 0. The predicted octanol–water partition coefficient (Wildman–Crippen LogP) is 1.69. The van der Waals surface area contributed by atoms with Gasteiger partial charge in [-0.25, -0.2) is 0 Å². The molecule has 74 valence electrons. The second kappa shape index (κ2) is 4.77. The van der Waals surface area contributed by atoms with E-state index in [1.54, 1.807) is 0 Å². The standard InChI is InChI=1S/C9H14BrNO2/c1-7(10)4-11(6-9(12)13)5-8-2-3-8/h8H,1-6H2,(H,12,13). The Morgan fingerprint density at radius 3 is 2.54 bits per heavy atom. The summed E-state index contributed by atoms with van der Waals surface area (Å²) in [5.74, 6) is -0.0550. The molecule has 13 heavy (non-hydrogen) atoms. The van der Waals surface area contributed by atoms with Crippen molar-refractivity contribution in [1.82, 2.24) is 4.90 Å². The Morgan fingerprint density at radius 1 is 1.54 bits per heavy atom. The summed E-state index contributed by atoms with van der Waals surface area (Å²) in [7, 11) is 0. The number of nitrogens with zero attached hydrogens (tertiary/aromatic N) is 1. The van der Waals surface area contributed by atoms with E-state index in [1.165, 1.54) is 12.8 Å². The van der Waals surface area contributed by atoms with Crippen molar-refractivity contribution in [2.45, 2.75) is 12.8 Å². The van der Waals surface area contributed by atoms with Gasteiger partial charge in [-0.05, 0) is 18.8 Å². The Kier molecular flexibility index (Phi) is 3.93. The summed E-state index contributed by atoms with van der Waals surface area (Å²) in [6.45, 7) is 5.34. The molecule has 3 nitrogen and oxygen atoms in total. The largest absolute Gasteiger partial charge is 0.480 e. The molecule has 0 atom stereocenters. The van der Waals surface area contributed by atoms with Crippen molar-refractivity contribution in [3.8, 4) is 0 Å². The van der Waals surface area contributed by atoms with Crippen LogP contribution in [-0.4, -0.2) is 35.6 Å². The lowest BCUT2D eigenvalue weighted by molar-refractivity contribution is -0.138. The molecule has 0 aromatic carbocycles. The van der Waals surface area contributed by atoms with E-state index in [0.717, 1.165) is 11.0 Å². The zero-order valence-electron chi connectivity index (χ0n) is 7.50. The Hall–Kier alpha value is -0.350. The molecule has 1 fully saturated rings. The average molecular weight is 248 g/mol. The van der Waals surface area contributed by atoms with E-state index >= 15 is 0 Å². The quantitative estimate of drug-likeness (QED) is 0.777. The molecule has 0 aromatic rings. The molecule has 0 heterocycles. The molecule has 0 aromatic heterocycles. The van der Waals surface area contributed by atoms with Crippen LogP contribution in [0.4, 0.5) is 0 Å². The van der Waals surface area contributed by atoms with Crippen molar-refractivity contribution in [1.29, 1.82) is 0 Å². The number of hydrogen-bond donors (Lipinski definition) is 1. The highest BCUT2D eigenvalue weighted by atomic mass is 79.9. The van der Waals surface area contributed by atoms with Crippen molar-refractivity contribution in [3.63, 3.8) is 0 Å². The summed E-state index contributed by atoms with van der Waals surface area (Å²) in [5.41, 5.74) is 0. The van der Waals surface area contributed by atoms with E-state index in [9.17, 15) is 4.79 Å². The summed E-state index contributed by atoms with van der Waals surface area (Å²) in [4.78, 5) is 12.4. The average Bonchev–Trinajstić information content (AvgIpc) is 2.67. The van der Waals surface area contributed by atoms with E-state index in [-0.39, 0.29) is 6.54 Å². The van der Waals surface area contributed by atoms with Crippen LogP contribution in [0.5, 0.6) is 0 Å². The number of carboxylic acid groups (broad SMARTS) is 1. The molecule has 0 aliphatic heterocycles. The summed E-state index contributed by atoms with van der Waals surface area (Å²) in [5, 5.41) is 8.64. The molecule has 0 saturated heterocycles. The van der Waals surface area contributed by atoms with Crippen LogP contribution in [0.1, 0.15) is 12.8 Å². The third-order valence-electron chi connectivity index (χ3n) is 1.97. The molecule has 0 spiro atoms. The van der Waals surface area contributed by atoms with Gasteiger partial charge in [0.05, 0.1) is 6.54 Å². The number of carbonyl (C=O) groups is 1. The summed E-state index contributed by atoms with van der Waals surface area (Å²) < 4.78 is 0.842. The minimum atomic E-state index is -0.769. The molecule has 1 aliphatic carbocycles. The first-order chi connectivity index (χ1) is 6.08. The molecule has 0 unspecified atom stereocenters. The maximum absolute atomic E-state index is 10.5. The molecular formula is C9H14BrNO2. The van der Waals surface area contributed by atoms with Crippen LogP contribution in [0.25, 0.3) is 0 Å². The van der Waals surface area contributed by atoms with Crippen LogP contribution in [0.3, 0.4) is 0 Å². The first-order valence-electron chi connectivity index (χ1n) is 4.35. The Bertz CT molecular complexity index is 198. The maximum atomic E-state index is 10.5. The van der Waals surface area contributed by atoms with Gasteiger partial charge in [0.2, 0.25) is 0 Å². The summed E-state index contributed by atoms with van der Waals surface area (Å²) in [6.07, 6.45) is 2.48. The number of rotatable bonds is 6. The van der Waals surface area contributed by atoms with E-state index in [0.29, 0.717) is 12.5 Å². The molecule has 1 rings (SSSR count). The Morgan fingerprint density at radius 2 is 2.15 bits per heavy atom. The highest BCUT2D eigenvalue weighted by Gasteiger charge is 2.25. The summed E-state index contributed by atoms with van der Waals surface area (Å²) >= 11 is 3.25. The fourth-order valence-corrected chi connectivity index (χ4v) is 1.64. The third kappa shape index (κ3) is 5.05. The number of halogens is 1. The number of hydrogen-bond acceptors (Lipinski definition) is 2. The second-order valence-corrected chi connectivity index (χ2v) is 4.65. The topological polar surface area (TPSA) is 40.5 Å². The fraction of sp³-hybridized carbons (Fsp3) is 0.667. The van der Waals surface area contributed by atoms with Crippen molar-refractivity contribution in [2.75, 3.05) is 19.6 Å². The molecule has 4 heteroatoms. The van der Waals surface area contributed by atoms with Crippen LogP contribution in [-0.2, 0) is 4.79 Å². The van der Waals surface area contributed by atoms with Crippen molar-refractivity contribution >= 4 is 21.9 Å². The van der Waals surface area contributed by atoms with Gasteiger partial charge in [-0.3, -0.25) is 9.69 Å². The van der Waals surface area contributed by atoms with Gasteiger partial charge in [-0.15, -0.1) is 0 Å². The molecule has 0 radical (unpaired) electrons. The molecule has 0 bridgehead atoms. The number of aliphatic carboxylic acids is 1. The van der Waals surface area contributed by atoms with Gasteiger partial charge in [0, 0.05) is 17.6 Å². The van der Waals surface area contributed by atoms with Gasteiger partial charge >= 0.3 is 5.97 Å². The van der Waals surface area contributed by atoms with Crippen molar-refractivity contribution in [2.24, 2.45) is 5.92 Å².